The molecule has 0 radical (unpaired) electrons. The molecule has 0 aromatic carbocycles. The van der Waals surface area contributed by atoms with Crippen molar-refractivity contribution in [2.75, 3.05) is 30.5 Å². The average Bonchev–Trinajstić information content (AvgIpc) is 2.45. The molecule has 0 fully saturated rings. The van der Waals surface area contributed by atoms with Crippen LogP contribution in [0.15, 0.2) is 6.07 Å². The van der Waals surface area contributed by atoms with Gasteiger partial charge in [0.1, 0.15) is 17.5 Å². The number of likely N-dealkylation sites (N-methyl/N-ethyl adjacent to an activating group) is 1. The van der Waals surface area contributed by atoms with Crippen molar-refractivity contribution in [2.45, 2.75) is 33.1 Å². The Morgan fingerprint density at radius 3 is 2.70 bits per heavy atom. The minimum absolute atomic E-state index is 0.0211. The summed E-state index contributed by atoms with van der Waals surface area (Å²) in [7, 11) is 1.82. The van der Waals surface area contributed by atoms with E-state index in [1.807, 2.05) is 14.0 Å². The minimum Gasteiger partial charge on any atom is -0.355 e. The van der Waals surface area contributed by atoms with E-state index in [2.05, 4.69) is 27.6 Å². The summed E-state index contributed by atoms with van der Waals surface area (Å²) < 4.78 is 0. The molecular weight excluding hydrogens is 256 g/mol. The van der Waals surface area contributed by atoms with E-state index in [0.29, 0.717) is 18.2 Å². The zero-order chi connectivity index (χ0) is 15.0. The molecule has 1 heterocycles. The van der Waals surface area contributed by atoms with Crippen LogP contribution in [0.1, 0.15) is 32.5 Å². The van der Waals surface area contributed by atoms with Gasteiger partial charge in [0.25, 0.3) is 0 Å². The van der Waals surface area contributed by atoms with Crippen LogP contribution < -0.4 is 21.5 Å². The van der Waals surface area contributed by atoms with E-state index in [1.165, 1.54) is 0 Å². The summed E-state index contributed by atoms with van der Waals surface area (Å²) in [4.78, 5) is 22.2. The maximum Gasteiger partial charge on any atom is 0.239 e. The van der Waals surface area contributed by atoms with Crippen LogP contribution in [0.4, 0.5) is 11.6 Å². The van der Waals surface area contributed by atoms with Gasteiger partial charge >= 0.3 is 0 Å². The predicted molar refractivity (Wildman–Crippen MR) is 80.4 cm³/mol. The van der Waals surface area contributed by atoms with E-state index < -0.39 is 0 Å². The number of nitrogen functional groups attached to an aromatic ring is 1. The molecule has 1 rings (SSSR count). The van der Waals surface area contributed by atoms with Crippen molar-refractivity contribution in [3.63, 3.8) is 0 Å². The fourth-order valence-corrected chi connectivity index (χ4v) is 1.70. The lowest BCUT2D eigenvalue weighted by Gasteiger charge is -2.19. The monoisotopic (exact) mass is 280 g/mol. The normalized spacial score (nSPS) is 10.2. The number of carbonyl (C=O) groups excluding carboxylic acids is 1. The van der Waals surface area contributed by atoms with Crippen molar-refractivity contribution in [1.82, 2.24) is 15.3 Å². The second-order valence-electron chi connectivity index (χ2n) is 4.63. The number of hydrogen-bond donors (Lipinski definition) is 3. The molecule has 20 heavy (non-hydrogen) atoms. The van der Waals surface area contributed by atoms with Gasteiger partial charge in [0, 0.05) is 26.1 Å². The summed E-state index contributed by atoms with van der Waals surface area (Å²) in [5.41, 5.74) is 2.53. The largest absolute Gasteiger partial charge is 0.355 e. The molecule has 0 spiro atoms. The zero-order valence-electron chi connectivity index (χ0n) is 12.4. The summed E-state index contributed by atoms with van der Waals surface area (Å²) in [5, 5.41) is 2.84. The van der Waals surface area contributed by atoms with Gasteiger partial charge in [-0.25, -0.2) is 15.8 Å². The number of amides is 1. The number of aromatic nitrogens is 2. The third-order valence-corrected chi connectivity index (χ3v) is 2.72. The summed E-state index contributed by atoms with van der Waals surface area (Å²) in [5.74, 6) is 7.35. The van der Waals surface area contributed by atoms with Gasteiger partial charge in [-0.15, -0.1) is 0 Å². The number of nitrogens with zero attached hydrogens (tertiary/aromatic N) is 3. The number of aryl methyl sites for hydroxylation is 1. The van der Waals surface area contributed by atoms with Crippen LogP contribution in [0.5, 0.6) is 0 Å². The Morgan fingerprint density at radius 2 is 2.10 bits per heavy atom. The predicted octanol–water partition coefficient (Wildman–Crippen LogP) is 0.677. The summed E-state index contributed by atoms with van der Waals surface area (Å²) >= 11 is 0. The summed E-state index contributed by atoms with van der Waals surface area (Å²) in [6.07, 6.45) is 2.65. The van der Waals surface area contributed by atoms with Crippen LogP contribution in [0, 0.1) is 0 Å². The third-order valence-electron chi connectivity index (χ3n) is 2.72. The summed E-state index contributed by atoms with van der Waals surface area (Å²) in [6.45, 7) is 5.03. The van der Waals surface area contributed by atoms with Gasteiger partial charge in [0.2, 0.25) is 5.91 Å². The number of hydrogen-bond acceptors (Lipinski definition) is 6. The quantitative estimate of drug-likeness (QED) is 0.478. The van der Waals surface area contributed by atoms with E-state index in [1.54, 1.807) is 11.0 Å². The first-order valence-electron chi connectivity index (χ1n) is 6.93. The van der Waals surface area contributed by atoms with Crippen LogP contribution >= 0.6 is 0 Å². The molecule has 1 aromatic rings. The molecule has 0 atom stereocenters. The van der Waals surface area contributed by atoms with Gasteiger partial charge in [-0.1, -0.05) is 13.8 Å². The van der Waals surface area contributed by atoms with Crippen LogP contribution in [0.3, 0.4) is 0 Å². The second-order valence-corrected chi connectivity index (χ2v) is 4.63. The highest BCUT2D eigenvalue weighted by atomic mass is 16.2. The average molecular weight is 280 g/mol. The van der Waals surface area contributed by atoms with E-state index in [-0.39, 0.29) is 12.5 Å². The fraction of sp³-hybridized carbons (Fsp3) is 0.615. The topological polar surface area (TPSA) is 96.2 Å². The highest BCUT2D eigenvalue weighted by Gasteiger charge is 2.11. The standard InChI is InChI=1S/C13H24N6O/c1-4-6-10-16-11(18-14)8-12(17-10)19(3)9-13(20)15-7-5-2/h8H,4-7,9,14H2,1-3H3,(H,15,20)(H,16,17,18). The van der Waals surface area contributed by atoms with Crippen molar-refractivity contribution >= 4 is 17.5 Å². The van der Waals surface area contributed by atoms with E-state index >= 15 is 0 Å². The molecule has 112 valence electrons. The Bertz CT molecular complexity index is 437. The van der Waals surface area contributed by atoms with Crippen molar-refractivity contribution in [1.29, 1.82) is 0 Å². The van der Waals surface area contributed by atoms with Gasteiger partial charge in [-0.3, -0.25) is 4.79 Å². The molecule has 0 aliphatic carbocycles. The van der Waals surface area contributed by atoms with Gasteiger partial charge in [0.15, 0.2) is 0 Å². The summed E-state index contributed by atoms with van der Waals surface area (Å²) in [6, 6.07) is 1.73. The first kappa shape index (κ1) is 16.2. The van der Waals surface area contributed by atoms with Crippen molar-refractivity contribution in [2.24, 2.45) is 5.84 Å². The lowest BCUT2D eigenvalue weighted by molar-refractivity contribution is -0.119. The smallest absolute Gasteiger partial charge is 0.239 e. The Balaban J connectivity index is 2.77. The van der Waals surface area contributed by atoms with Crippen LogP contribution in [0.2, 0.25) is 0 Å². The van der Waals surface area contributed by atoms with Crippen LogP contribution in [-0.2, 0) is 11.2 Å². The molecule has 0 saturated heterocycles. The van der Waals surface area contributed by atoms with Gasteiger partial charge in [-0.05, 0) is 12.8 Å². The van der Waals surface area contributed by atoms with E-state index in [4.69, 9.17) is 5.84 Å². The van der Waals surface area contributed by atoms with Crippen LogP contribution in [-0.4, -0.2) is 36.0 Å². The molecule has 0 aliphatic rings. The first-order valence-corrected chi connectivity index (χ1v) is 6.93. The molecule has 7 nitrogen and oxygen atoms in total. The Labute approximate surface area is 119 Å². The fourth-order valence-electron chi connectivity index (χ4n) is 1.70. The number of rotatable bonds is 8. The molecule has 0 unspecified atom stereocenters. The van der Waals surface area contributed by atoms with Gasteiger partial charge in [0.05, 0.1) is 6.54 Å². The zero-order valence-corrected chi connectivity index (χ0v) is 12.4. The van der Waals surface area contributed by atoms with E-state index in [9.17, 15) is 4.79 Å². The molecule has 0 bridgehead atoms. The number of nitrogens with two attached hydrogens (primary N) is 1. The van der Waals surface area contributed by atoms with Crippen LogP contribution in [0.25, 0.3) is 0 Å². The molecule has 0 saturated carbocycles. The maximum absolute atomic E-state index is 11.7. The van der Waals surface area contributed by atoms with Crippen molar-refractivity contribution in [3.8, 4) is 0 Å². The molecule has 1 aromatic heterocycles. The molecule has 0 aliphatic heterocycles. The third kappa shape index (κ3) is 5.00. The second kappa shape index (κ2) is 8.31. The Kier molecular flexibility index (Phi) is 6.72. The SMILES string of the molecule is CCCNC(=O)CN(C)c1cc(NN)nc(CCC)n1. The minimum atomic E-state index is -0.0211. The highest BCUT2D eigenvalue weighted by molar-refractivity contribution is 5.80. The maximum atomic E-state index is 11.7. The number of nitrogens with one attached hydrogen (secondary N) is 2. The van der Waals surface area contributed by atoms with Gasteiger partial charge in [-0.2, -0.15) is 0 Å². The number of hydrazine groups is 1. The number of anilines is 2. The highest BCUT2D eigenvalue weighted by Crippen LogP contribution is 2.14. The Morgan fingerprint density at radius 1 is 1.35 bits per heavy atom. The lowest BCUT2D eigenvalue weighted by atomic mass is 10.3. The molecule has 4 N–H and O–H groups in total. The first-order chi connectivity index (χ1) is 9.60. The van der Waals surface area contributed by atoms with E-state index in [0.717, 1.165) is 25.1 Å². The van der Waals surface area contributed by atoms with Gasteiger partial charge < -0.3 is 15.6 Å². The molecular formula is C13H24N6O. The van der Waals surface area contributed by atoms with Crippen molar-refractivity contribution < 1.29 is 4.79 Å². The van der Waals surface area contributed by atoms with Crippen molar-refractivity contribution in [3.05, 3.63) is 11.9 Å². The molecule has 1 amide bonds. The Hall–Kier alpha value is -1.89. The lowest BCUT2D eigenvalue weighted by Crippen LogP contribution is -2.36. The number of carbonyl (C=O) groups is 1. The molecule has 7 heteroatoms.